The summed E-state index contributed by atoms with van der Waals surface area (Å²) in [4.78, 5) is 41.5. The third kappa shape index (κ3) is 3.02. The molecule has 3 fully saturated rings. The number of hydrogen-bond acceptors (Lipinski definition) is 4. The zero-order chi connectivity index (χ0) is 19.3. The molecular weight excluding hydrogens is 358 g/mol. The first-order chi connectivity index (χ1) is 13.6. The molecule has 7 heteroatoms. The van der Waals surface area contributed by atoms with Crippen LogP contribution in [-0.2, 0) is 9.59 Å². The Balaban J connectivity index is 1.40. The number of benzene rings is 1. The Morgan fingerprint density at radius 1 is 1.11 bits per heavy atom. The summed E-state index contributed by atoms with van der Waals surface area (Å²) in [6, 6.07) is 5.34. The zero-order valence-electron chi connectivity index (χ0n) is 15.9. The smallest absolute Gasteiger partial charge is 0.262 e. The molecule has 148 valence electrons. The van der Waals surface area contributed by atoms with Crippen molar-refractivity contribution in [2.45, 2.75) is 38.1 Å². The highest BCUT2D eigenvalue weighted by molar-refractivity contribution is 6.03. The van der Waals surface area contributed by atoms with Crippen molar-refractivity contribution in [3.63, 3.8) is 0 Å². The van der Waals surface area contributed by atoms with Crippen LogP contribution < -0.4 is 10.1 Å². The summed E-state index contributed by atoms with van der Waals surface area (Å²) in [6.45, 7) is 1.71. The molecule has 4 aliphatic rings. The number of carbonyl (C=O) groups excluding carboxylic acids is 3. The molecule has 1 aromatic carbocycles. The van der Waals surface area contributed by atoms with Crippen LogP contribution in [0.4, 0.5) is 5.69 Å². The second-order valence-corrected chi connectivity index (χ2v) is 8.33. The topological polar surface area (TPSA) is 79.0 Å². The maximum absolute atomic E-state index is 13.5. The predicted octanol–water partition coefficient (Wildman–Crippen LogP) is 1.88. The van der Waals surface area contributed by atoms with Gasteiger partial charge >= 0.3 is 0 Å². The highest BCUT2D eigenvalue weighted by Crippen LogP contribution is 2.38. The monoisotopic (exact) mass is 383 g/mol. The van der Waals surface area contributed by atoms with Crippen LogP contribution in [0.15, 0.2) is 18.2 Å². The van der Waals surface area contributed by atoms with Gasteiger partial charge in [-0.15, -0.1) is 0 Å². The highest BCUT2D eigenvalue weighted by atomic mass is 16.5. The maximum Gasteiger partial charge on any atom is 0.262 e. The van der Waals surface area contributed by atoms with Crippen LogP contribution in [0, 0.1) is 11.8 Å². The molecule has 1 N–H and O–H groups in total. The number of hydrogen-bond donors (Lipinski definition) is 1. The molecule has 2 aliphatic carbocycles. The number of nitrogens with one attached hydrogen (secondary N) is 1. The van der Waals surface area contributed by atoms with E-state index in [0.717, 1.165) is 25.7 Å². The van der Waals surface area contributed by atoms with Gasteiger partial charge in [0.05, 0.1) is 17.3 Å². The first-order valence-electron chi connectivity index (χ1n) is 10.3. The number of piperazine rings is 1. The van der Waals surface area contributed by atoms with E-state index in [1.807, 2.05) is 9.80 Å². The lowest BCUT2D eigenvalue weighted by Crippen LogP contribution is -2.60. The average molecular weight is 383 g/mol. The summed E-state index contributed by atoms with van der Waals surface area (Å²) >= 11 is 0. The van der Waals surface area contributed by atoms with Crippen LogP contribution in [-0.4, -0.2) is 59.8 Å². The van der Waals surface area contributed by atoms with Crippen molar-refractivity contribution < 1.29 is 19.1 Å². The first kappa shape index (κ1) is 17.5. The largest absolute Gasteiger partial charge is 0.481 e. The van der Waals surface area contributed by atoms with Gasteiger partial charge in [0.25, 0.3) is 11.8 Å². The molecule has 7 nitrogen and oxygen atoms in total. The van der Waals surface area contributed by atoms with E-state index < -0.39 is 0 Å². The summed E-state index contributed by atoms with van der Waals surface area (Å²) in [5.41, 5.74) is 1.04. The molecule has 2 saturated carbocycles. The van der Waals surface area contributed by atoms with Gasteiger partial charge in [0.1, 0.15) is 0 Å². The van der Waals surface area contributed by atoms with Crippen LogP contribution in [0.2, 0.25) is 0 Å². The van der Waals surface area contributed by atoms with E-state index >= 15 is 0 Å². The Morgan fingerprint density at radius 2 is 1.93 bits per heavy atom. The lowest BCUT2D eigenvalue weighted by atomic mass is 9.78. The molecule has 1 aromatic rings. The number of rotatable bonds is 3. The van der Waals surface area contributed by atoms with Crippen molar-refractivity contribution in [1.82, 2.24) is 9.80 Å². The summed E-state index contributed by atoms with van der Waals surface area (Å²) in [5, 5.41) is 2.77. The van der Waals surface area contributed by atoms with Crippen molar-refractivity contribution >= 4 is 23.4 Å². The van der Waals surface area contributed by atoms with Crippen molar-refractivity contribution in [2.24, 2.45) is 11.8 Å². The summed E-state index contributed by atoms with van der Waals surface area (Å²) in [7, 11) is 0. The molecule has 1 atom stereocenters. The Bertz CT molecular complexity index is 831. The second-order valence-electron chi connectivity index (χ2n) is 8.33. The molecule has 0 aromatic heterocycles. The van der Waals surface area contributed by atoms with E-state index in [-0.39, 0.29) is 36.3 Å². The van der Waals surface area contributed by atoms with E-state index in [2.05, 4.69) is 5.32 Å². The third-order valence-electron chi connectivity index (χ3n) is 6.48. The fraction of sp³-hybridized carbons (Fsp3) is 0.571. The Labute approximate surface area is 164 Å². The number of carbonyl (C=O) groups is 3. The molecule has 1 unspecified atom stereocenters. The van der Waals surface area contributed by atoms with Crippen molar-refractivity contribution in [1.29, 1.82) is 0 Å². The molecule has 28 heavy (non-hydrogen) atoms. The van der Waals surface area contributed by atoms with Gasteiger partial charge in [0.2, 0.25) is 5.91 Å². The van der Waals surface area contributed by atoms with Gasteiger partial charge < -0.3 is 19.9 Å². The van der Waals surface area contributed by atoms with Crippen molar-refractivity contribution in [3.05, 3.63) is 23.8 Å². The van der Waals surface area contributed by atoms with Gasteiger partial charge in [0, 0.05) is 25.6 Å². The minimum absolute atomic E-state index is 0.0618. The first-order valence-corrected chi connectivity index (χ1v) is 10.3. The molecular formula is C21H25N3O4. The van der Waals surface area contributed by atoms with Gasteiger partial charge in [-0.25, -0.2) is 0 Å². The number of para-hydroxylation sites is 1. The Hall–Kier alpha value is -2.57. The fourth-order valence-corrected chi connectivity index (χ4v) is 4.52. The minimum atomic E-state index is -0.211. The lowest BCUT2D eigenvalue weighted by Gasteiger charge is -2.47. The predicted molar refractivity (Wildman–Crippen MR) is 102 cm³/mol. The van der Waals surface area contributed by atoms with Crippen LogP contribution >= 0.6 is 0 Å². The van der Waals surface area contributed by atoms with E-state index in [9.17, 15) is 14.4 Å². The number of amides is 3. The molecule has 3 amide bonds. The maximum atomic E-state index is 13.5. The molecule has 0 spiro atoms. The molecule has 0 bridgehead atoms. The molecule has 2 aliphatic heterocycles. The molecule has 2 heterocycles. The SMILES string of the molecule is O=C1COc2c(cccc2C(=O)N2CCN(C(=O)C3CC3)CC2C2CCC2)N1. The number of anilines is 1. The quantitative estimate of drug-likeness (QED) is 0.864. The Morgan fingerprint density at radius 3 is 2.64 bits per heavy atom. The van der Waals surface area contributed by atoms with Crippen molar-refractivity contribution in [3.8, 4) is 5.75 Å². The molecule has 1 saturated heterocycles. The third-order valence-corrected chi connectivity index (χ3v) is 6.48. The van der Waals surface area contributed by atoms with Crippen LogP contribution in [0.3, 0.4) is 0 Å². The van der Waals surface area contributed by atoms with Crippen molar-refractivity contribution in [2.75, 3.05) is 31.6 Å². The molecule has 0 radical (unpaired) electrons. The average Bonchev–Trinajstić information content (AvgIpc) is 3.50. The van der Waals surface area contributed by atoms with E-state index in [4.69, 9.17) is 4.74 Å². The zero-order valence-corrected chi connectivity index (χ0v) is 15.9. The number of ether oxygens (including phenoxy) is 1. The molecule has 5 rings (SSSR count). The summed E-state index contributed by atoms with van der Waals surface area (Å²) in [6.07, 6.45) is 5.42. The van der Waals surface area contributed by atoms with Crippen LogP contribution in [0.25, 0.3) is 0 Å². The van der Waals surface area contributed by atoms with Gasteiger partial charge in [-0.2, -0.15) is 0 Å². The fourth-order valence-electron chi connectivity index (χ4n) is 4.52. The normalized spacial score (nSPS) is 24.7. The van der Waals surface area contributed by atoms with Gasteiger partial charge in [-0.3, -0.25) is 14.4 Å². The van der Waals surface area contributed by atoms with Gasteiger partial charge in [-0.1, -0.05) is 12.5 Å². The van der Waals surface area contributed by atoms with Crippen LogP contribution in [0.5, 0.6) is 5.75 Å². The highest BCUT2D eigenvalue weighted by Gasteiger charge is 2.43. The number of nitrogens with zero attached hydrogens (tertiary/aromatic N) is 2. The standard InChI is InChI=1S/C21H25N3O4/c25-18-12-28-19-15(5-2-6-16(19)22-18)21(27)24-10-9-23(20(26)14-7-8-14)11-17(24)13-3-1-4-13/h2,5-6,13-14,17H,1,3-4,7-12H2,(H,22,25). The van der Waals surface area contributed by atoms with Gasteiger partial charge in [-0.05, 0) is 43.7 Å². The van der Waals surface area contributed by atoms with Gasteiger partial charge in [0.15, 0.2) is 12.4 Å². The Kier molecular flexibility index (Phi) is 4.25. The second kappa shape index (κ2) is 6.79. The summed E-state index contributed by atoms with van der Waals surface area (Å²) in [5.74, 6) is 1.11. The van der Waals surface area contributed by atoms with E-state index in [1.165, 1.54) is 6.42 Å². The summed E-state index contributed by atoms with van der Waals surface area (Å²) < 4.78 is 5.59. The van der Waals surface area contributed by atoms with E-state index in [1.54, 1.807) is 18.2 Å². The van der Waals surface area contributed by atoms with E-state index in [0.29, 0.717) is 42.6 Å². The minimum Gasteiger partial charge on any atom is -0.481 e. The number of fused-ring (bicyclic) bond motifs is 1. The van der Waals surface area contributed by atoms with Crippen LogP contribution in [0.1, 0.15) is 42.5 Å². The lowest BCUT2D eigenvalue weighted by molar-refractivity contribution is -0.136.